The minimum absolute atomic E-state index is 0.464. The average molecular weight is 132 g/mol. The third-order valence-corrected chi connectivity index (χ3v) is 2.27. The molecule has 2 heteroatoms. The first kappa shape index (κ1) is 6.51. The summed E-state index contributed by atoms with van der Waals surface area (Å²) >= 11 is 0. The second-order valence-corrected chi connectivity index (χ2v) is 4.17. The summed E-state index contributed by atoms with van der Waals surface area (Å²) in [6.45, 7) is 5.48. The maximum Gasteiger partial charge on any atom is 0.0556 e. The van der Waals surface area contributed by atoms with Crippen molar-refractivity contribution >= 4 is 8.81 Å². The van der Waals surface area contributed by atoms with Crippen LogP contribution in [0.3, 0.4) is 0 Å². The minimum atomic E-state index is 0.464. The van der Waals surface area contributed by atoms with E-state index in [1.807, 2.05) is 0 Å². The maximum absolute atomic E-state index is 5.31. The topological polar surface area (TPSA) is 9.23 Å². The molecule has 1 nitrogen and oxygen atoms in total. The predicted octanol–water partition coefficient (Wildman–Crippen LogP) is 2.03. The fourth-order valence-electron chi connectivity index (χ4n) is 0.780. The summed E-state index contributed by atoms with van der Waals surface area (Å²) in [5, 5.41) is 0. The zero-order valence-electron chi connectivity index (χ0n) is 5.53. The molecular weight excluding hydrogens is 119 g/mol. The Hall–Kier alpha value is 0.390. The third kappa shape index (κ3) is 1.72. The molecule has 0 amide bonds. The predicted molar refractivity (Wildman–Crippen MR) is 37.5 cm³/mol. The molecule has 1 aliphatic heterocycles. The molecule has 1 atom stereocenters. The first-order valence-electron chi connectivity index (χ1n) is 3.05. The lowest BCUT2D eigenvalue weighted by molar-refractivity contribution is 0.177. The Morgan fingerprint density at radius 3 is 2.50 bits per heavy atom. The molecule has 0 radical (unpaired) electrons. The van der Waals surface area contributed by atoms with Crippen molar-refractivity contribution < 1.29 is 4.52 Å². The summed E-state index contributed by atoms with van der Waals surface area (Å²) in [6.07, 6.45) is 2.61. The van der Waals surface area contributed by atoms with E-state index in [1.165, 1.54) is 12.6 Å². The summed E-state index contributed by atoms with van der Waals surface area (Å²) in [5.74, 6) is 0. The molecule has 1 saturated heterocycles. The van der Waals surface area contributed by atoms with E-state index in [0.717, 1.165) is 15.4 Å². The Morgan fingerprint density at radius 1 is 1.50 bits per heavy atom. The molecule has 0 aliphatic carbocycles. The van der Waals surface area contributed by atoms with Gasteiger partial charge in [0.05, 0.1) is 6.61 Å². The molecule has 1 fully saturated rings. The fraction of sp³-hybridized carbons (Fsp3) is 1.00. The van der Waals surface area contributed by atoms with Gasteiger partial charge >= 0.3 is 0 Å². The molecule has 48 valence electrons. The van der Waals surface area contributed by atoms with Crippen LogP contribution in [0.15, 0.2) is 0 Å². The normalized spacial score (nSPS) is 30.8. The van der Waals surface area contributed by atoms with Gasteiger partial charge in [-0.15, -0.1) is 0 Å². The van der Waals surface area contributed by atoms with Crippen molar-refractivity contribution in [2.45, 2.75) is 20.3 Å². The van der Waals surface area contributed by atoms with E-state index in [4.69, 9.17) is 4.52 Å². The van der Waals surface area contributed by atoms with Gasteiger partial charge in [0.15, 0.2) is 0 Å². The van der Waals surface area contributed by atoms with E-state index in [1.54, 1.807) is 0 Å². The highest BCUT2D eigenvalue weighted by atomic mass is 31.1. The van der Waals surface area contributed by atoms with E-state index in [9.17, 15) is 0 Å². The second kappa shape index (κ2) is 2.33. The molecule has 1 aliphatic rings. The van der Waals surface area contributed by atoms with E-state index in [0.29, 0.717) is 5.41 Å². The molecule has 0 aromatic heterocycles. The van der Waals surface area contributed by atoms with Crippen LogP contribution < -0.4 is 0 Å². The van der Waals surface area contributed by atoms with Crippen molar-refractivity contribution in [3.8, 4) is 0 Å². The lowest BCUT2D eigenvalue weighted by atomic mass is 9.92. The molecule has 8 heavy (non-hydrogen) atoms. The van der Waals surface area contributed by atoms with E-state index in [2.05, 4.69) is 13.8 Å². The van der Waals surface area contributed by atoms with Gasteiger partial charge in [-0.1, -0.05) is 13.8 Å². The number of hydrogen-bond acceptors (Lipinski definition) is 1. The van der Waals surface area contributed by atoms with Gasteiger partial charge < -0.3 is 4.52 Å². The van der Waals surface area contributed by atoms with Crippen molar-refractivity contribution in [3.63, 3.8) is 0 Å². The zero-order valence-corrected chi connectivity index (χ0v) is 6.53. The first-order valence-corrected chi connectivity index (χ1v) is 4.17. The Labute approximate surface area is 52.7 Å². The van der Waals surface area contributed by atoms with Gasteiger partial charge in [0.2, 0.25) is 0 Å². The van der Waals surface area contributed by atoms with Crippen molar-refractivity contribution in [1.82, 2.24) is 0 Å². The van der Waals surface area contributed by atoms with E-state index < -0.39 is 0 Å². The van der Waals surface area contributed by atoms with Crippen LogP contribution in [0.25, 0.3) is 0 Å². The largest absolute Gasteiger partial charge is 0.362 e. The van der Waals surface area contributed by atoms with Crippen LogP contribution in [0.2, 0.25) is 0 Å². The lowest BCUT2D eigenvalue weighted by Crippen LogP contribution is -2.21. The van der Waals surface area contributed by atoms with Crippen molar-refractivity contribution in [3.05, 3.63) is 0 Å². The van der Waals surface area contributed by atoms with Crippen LogP contribution in [0.1, 0.15) is 20.3 Å². The summed E-state index contributed by atoms with van der Waals surface area (Å²) in [7, 11) is 0.768. The van der Waals surface area contributed by atoms with Crippen LogP contribution in [0.5, 0.6) is 0 Å². The molecule has 0 saturated carbocycles. The summed E-state index contributed by atoms with van der Waals surface area (Å²) in [4.78, 5) is 0. The third-order valence-electron chi connectivity index (χ3n) is 1.47. The Kier molecular flexibility index (Phi) is 1.89. The van der Waals surface area contributed by atoms with Crippen LogP contribution in [-0.4, -0.2) is 12.8 Å². The Balaban J connectivity index is 2.33. The average Bonchev–Trinajstić information content (AvgIpc) is 1.65. The molecule has 0 spiro atoms. The lowest BCUT2D eigenvalue weighted by Gasteiger charge is -2.28. The van der Waals surface area contributed by atoms with Gasteiger partial charge in [-0.2, -0.15) is 0 Å². The van der Waals surface area contributed by atoms with Crippen molar-refractivity contribution in [1.29, 1.82) is 0 Å². The van der Waals surface area contributed by atoms with Gasteiger partial charge in [-0.25, -0.2) is 0 Å². The van der Waals surface area contributed by atoms with Crippen molar-refractivity contribution in [2.75, 3.05) is 12.8 Å². The molecule has 0 N–H and O–H groups in total. The van der Waals surface area contributed by atoms with Gasteiger partial charge in [0, 0.05) is 8.81 Å². The molecule has 1 unspecified atom stereocenters. The monoisotopic (exact) mass is 132 g/mol. The highest BCUT2D eigenvalue weighted by Gasteiger charge is 2.20. The van der Waals surface area contributed by atoms with Crippen LogP contribution in [0, 0.1) is 5.41 Å². The van der Waals surface area contributed by atoms with E-state index >= 15 is 0 Å². The fourth-order valence-corrected chi connectivity index (χ4v) is 2.20. The maximum atomic E-state index is 5.31. The number of rotatable bonds is 0. The Morgan fingerprint density at radius 2 is 2.25 bits per heavy atom. The quantitative estimate of drug-likeness (QED) is 0.458. The van der Waals surface area contributed by atoms with Crippen LogP contribution >= 0.6 is 8.81 Å². The summed E-state index contributed by atoms with van der Waals surface area (Å²) in [6, 6.07) is 0. The van der Waals surface area contributed by atoms with Crippen LogP contribution in [0.4, 0.5) is 0 Å². The molecule has 1 rings (SSSR count). The molecule has 1 heterocycles. The molecule has 0 aromatic rings. The molecule has 0 aromatic carbocycles. The Bertz CT molecular complexity index is 72.6. The smallest absolute Gasteiger partial charge is 0.0556 e. The first-order chi connectivity index (χ1) is 3.71. The van der Waals surface area contributed by atoms with Gasteiger partial charge in [0.1, 0.15) is 0 Å². The highest BCUT2D eigenvalue weighted by molar-refractivity contribution is 7.32. The summed E-state index contributed by atoms with van der Waals surface area (Å²) in [5.41, 5.74) is 0.464. The van der Waals surface area contributed by atoms with Gasteiger partial charge in [-0.3, -0.25) is 0 Å². The molecular formula is C6H13OP. The van der Waals surface area contributed by atoms with Crippen LogP contribution in [-0.2, 0) is 4.52 Å². The minimum Gasteiger partial charge on any atom is -0.362 e. The van der Waals surface area contributed by atoms with E-state index in [-0.39, 0.29) is 0 Å². The highest BCUT2D eigenvalue weighted by Crippen LogP contribution is 2.33. The molecule has 0 bridgehead atoms. The van der Waals surface area contributed by atoms with Gasteiger partial charge in [-0.05, 0) is 18.0 Å². The van der Waals surface area contributed by atoms with Gasteiger partial charge in [0.25, 0.3) is 0 Å². The number of hydrogen-bond donors (Lipinski definition) is 0. The summed E-state index contributed by atoms with van der Waals surface area (Å²) < 4.78 is 5.31. The van der Waals surface area contributed by atoms with Crippen molar-refractivity contribution in [2.24, 2.45) is 5.41 Å². The zero-order chi connectivity index (χ0) is 6.04. The SMILES string of the molecule is CC1(C)CCPOC1. The second-order valence-electron chi connectivity index (χ2n) is 3.10. The standard InChI is InChI=1S/C6H13OP/c1-6(2)3-4-8-7-5-6/h8H,3-5H2,1-2H3.